The summed E-state index contributed by atoms with van der Waals surface area (Å²) in [5.41, 5.74) is 5.74. The third-order valence-corrected chi connectivity index (χ3v) is 6.46. The van der Waals surface area contributed by atoms with Crippen molar-refractivity contribution < 1.29 is 0 Å². The molecule has 0 saturated heterocycles. The highest BCUT2D eigenvalue weighted by atomic mass is 79.9. The lowest BCUT2D eigenvalue weighted by Gasteiger charge is -2.00. The van der Waals surface area contributed by atoms with Crippen LogP contribution in [0.2, 0.25) is 0 Å². The molecule has 5 heteroatoms. The lowest BCUT2D eigenvalue weighted by Crippen LogP contribution is -2.02. The average molecular weight is 364 g/mol. The molecule has 1 rings (SSSR count). The van der Waals surface area contributed by atoms with Gasteiger partial charge in [-0.25, -0.2) is 0 Å². The number of rotatable bonds is 1. The van der Waals surface area contributed by atoms with Crippen LogP contribution < -0.4 is 5.73 Å². The van der Waals surface area contributed by atoms with Crippen LogP contribution >= 0.6 is 59.1 Å². The molecule has 0 bridgehead atoms. The van der Waals surface area contributed by atoms with Crippen LogP contribution in [0.3, 0.4) is 0 Å². The summed E-state index contributed by atoms with van der Waals surface area (Å²) in [6.07, 6.45) is 0. The first-order chi connectivity index (χ1) is 5.04. The smallest absolute Gasteiger partial charge is 0.0855 e. The van der Waals surface area contributed by atoms with Gasteiger partial charge >= 0.3 is 0 Å². The van der Waals surface area contributed by atoms with Gasteiger partial charge in [-0.05, 0) is 54.7 Å². The zero-order valence-electron chi connectivity index (χ0n) is 5.70. The molecule has 2 N–H and O–H groups in total. The Balaban J connectivity index is 3.19. The van der Waals surface area contributed by atoms with E-state index in [1.807, 2.05) is 6.92 Å². The quantitative estimate of drug-likeness (QED) is 0.800. The Morgan fingerprint density at radius 1 is 1.27 bits per heavy atom. The molecule has 0 fully saturated rings. The standard InChI is InChI=1S/C6H6Br3NS/c1-2(10)5-3(7)4(8)6(9)11-5/h2H,10H2,1H3/t2-/m0/s1. The number of thiophene rings is 1. The zero-order chi connectivity index (χ0) is 8.59. The molecule has 11 heavy (non-hydrogen) atoms. The molecule has 0 aliphatic heterocycles. The molecule has 62 valence electrons. The van der Waals surface area contributed by atoms with Crippen LogP contribution in [0, 0.1) is 0 Å². The van der Waals surface area contributed by atoms with E-state index in [1.165, 1.54) is 0 Å². The van der Waals surface area contributed by atoms with E-state index in [0.29, 0.717) is 0 Å². The van der Waals surface area contributed by atoms with Gasteiger partial charge in [0.25, 0.3) is 0 Å². The minimum atomic E-state index is 0.0805. The summed E-state index contributed by atoms with van der Waals surface area (Å²) in [6.45, 7) is 1.97. The van der Waals surface area contributed by atoms with Gasteiger partial charge in [0.1, 0.15) is 0 Å². The minimum absolute atomic E-state index is 0.0805. The van der Waals surface area contributed by atoms with Gasteiger partial charge in [-0.15, -0.1) is 11.3 Å². The Hall–Kier alpha value is 1.10. The Labute approximate surface area is 94.7 Å². The van der Waals surface area contributed by atoms with Crippen molar-refractivity contribution in [3.05, 3.63) is 17.6 Å². The van der Waals surface area contributed by atoms with Crippen LogP contribution in [0.25, 0.3) is 0 Å². The second kappa shape index (κ2) is 3.87. The number of hydrogen-bond acceptors (Lipinski definition) is 2. The summed E-state index contributed by atoms with van der Waals surface area (Å²) >= 11 is 12.0. The maximum atomic E-state index is 5.74. The molecule has 1 atom stereocenters. The molecule has 0 spiro atoms. The van der Waals surface area contributed by atoms with Gasteiger partial charge in [0.15, 0.2) is 0 Å². The third-order valence-electron chi connectivity index (χ3n) is 1.19. The Morgan fingerprint density at radius 3 is 2.00 bits per heavy atom. The second-order valence-corrected chi connectivity index (χ2v) is 6.11. The van der Waals surface area contributed by atoms with Crippen LogP contribution in [0.15, 0.2) is 12.7 Å². The van der Waals surface area contributed by atoms with Gasteiger partial charge in [-0.3, -0.25) is 0 Å². The van der Waals surface area contributed by atoms with Crippen molar-refractivity contribution in [3.8, 4) is 0 Å². The van der Waals surface area contributed by atoms with E-state index in [9.17, 15) is 0 Å². The predicted molar refractivity (Wildman–Crippen MR) is 60.0 cm³/mol. The fourth-order valence-electron chi connectivity index (χ4n) is 0.673. The normalized spacial score (nSPS) is 13.5. The summed E-state index contributed by atoms with van der Waals surface area (Å²) in [5.74, 6) is 0. The lowest BCUT2D eigenvalue weighted by atomic mass is 10.3. The molecule has 0 aliphatic rings. The molecule has 0 unspecified atom stereocenters. The van der Waals surface area contributed by atoms with E-state index in [0.717, 1.165) is 17.6 Å². The highest BCUT2D eigenvalue weighted by Gasteiger charge is 2.14. The van der Waals surface area contributed by atoms with E-state index >= 15 is 0 Å². The Kier molecular flexibility index (Phi) is 3.58. The highest BCUT2D eigenvalue weighted by Crippen LogP contribution is 2.42. The largest absolute Gasteiger partial charge is 0.323 e. The summed E-state index contributed by atoms with van der Waals surface area (Å²) in [6, 6.07) is 0.0805. The van der Waals surface area contributed by atoms with E-state index in [1.54, 1.807) is 11.3 Å². The topological polar surface area (TPSA) is 26.0 Å². The molecule has 1 nitrogen and oxygen atoms in total. The van der Waals surface area contributed by atoms with E-state index in [2.05, 4.69) is 47.8 Å². The molecule has 1 aromatic rings. The van der Waals surface area contributed by atoms with Crippen molar-refractivity contribution >= 4 is 59.1 Å². The lowest BCUT2D eigenvalue weighted by molar-refractivity contribution is 0.834. The average Bonchev–Trinajstić information content (AvgIpc) is 2.17. The van der Waals surface area contributed by atoms with Crippen molar-refractivity contribution in [2.75, 3.05) is 0 Å². The highest BCUT2D eigenvalue weighted by molar-refractivity contribution is 9.14. The number of hydrogen-bond donors (Lipinski definition) is 1. The van der Waals surface area contributed by atoms with Gasteiger partial charge in [-0.2, -0.15) is 0 Å². The van der Waals surface area contributed by atoms with Crippen LogP contribution in [0.4, 0.5) is 0 Å². The van der Waals surface area contributed by atoms with Crippen molar-refractivity contribution in [1.82, 2.24) is 0 Å². The van der Waals surface area contributed by atoms with Crippen molar-refractivity contribution in [3.63, 3.8) is 0 Å². The first-order valence-corrected chi connectivity index (χ1v) is 6.12. The van der Waals surface area contributed by atoms with E-state index < -0.39 is 0 Å². The van der Waals surface area contributed by atoms with Crippen LogP contribution in [0.1, 0.15) is 17.8 Å². The molecular weight excluding hydrogens is 358 g/mol. The molecule has 1 aromatic heterocycles. The minimum Gasteiger partial charge on any atom is -0.323 e. The Bertz CT molecular complexity index is 269. The molecule has 1 heterocycles. The monoisotopic (exact) mass is 361 g/mol. The molecule has 0 saturated carbocycles. The predicted octanol–water partition coefficient (Wildman–Crippen LogP) is 4.06. The molecule has 0 amide bonds. The van der Waals surface area contributed by atoms with E-state index in [4.69, 9.17) is 5.73 Å². The first kappa shape index (κ1) is 10.2. The van der Waals surface area contributed by atoms with Gasteiger partial charge in [0, 0.05) is 15.4 Å². The zero-order valence-corrected chi connectivity index (χ0v) is 11.3. The van der Waals surface area contributed by atoms with Crippen molar-refractivity contribution in [1.29, 1.82) is 0 Å². The number of nitrogens with two attached hydrogens (primary N) is 1. The van der Waals surface area contributed by atoms with Gasteiger partial charge in [-0.1, -0.05) is 0 Å². The summed E-state index contributed by atoms with van der Waals surface area (Å²) < 4.78 is 3.19. The fraction of sp³-hybridized carbons (Fsp3) is 0.333. The van der Waals surface area contributed by atoms with Crippen molar-refractivity contribution in [2.24, 2.45) is 5.73 Å². The maximum Gasteiger partial charge on any atom is 0.0855 e. The summed E-state index contributed by atoms with van der Waals surface area (Å²) in [7, 11) is 0. The third kappa shape index (κ3) is 2.06. The van der Waals surface area contributed by atoms with Gasteiger partial charge in [0.05, 0.1) is 8.26 Å². The molecular formula is C6H6Br3NS. The first-order valence-electron chi connectivity index (χ1n) is 2.92. The van der Waals surface area contributed by atoms with Gasteiger partial charge < -0.3 is 5.73 Å². The Morgan fingerprint density at radius 2 is 1.82 bits per heavy atom. The molecule has 0 radical (unpaired) electrons. The van der Waals surface area contributed by atoms with Crippen LogP contribution in [-0.4, -0.2) is 0 Å². The molecule has 0 aromatic carbocycles. The number of halogens is 3. The van der Waals surface area contributed by atoms with Crippen molar-refractivity contribution in [2.45, 2.75) is 13.0 Å². The summed E-state index contributed by atoms with van der Waals surface area (Å²) in [4.78, 5) is 1.16. The summed E-state index contributed by atoms with van der Waals surface area (Å²) in [5, 5.41) is 0. The maximum absolute atomic E-state index is 5.74. The SMILES string of the molecule is C[C@H](N)c1sc(Br)c(Br)c1Br. The fourth-order valence-corrected chi connectivity index (χ4v) is 3.94. The van der Waals surface area contributed by atoms with Gasteiger partial charge in [0.2, 0.25) is 0 Å². The van der Waals surface area contributed by atoms with Crippen LogP contribution in [0.5, 0.6) is 0 Å². The second-order valence-electron chi connectivity index (χ2n) is 2.16. The molecule has 0 aliphatic carbocycles. The van der Waals surface area contributed by atoms with Crippen LogP contribution in [-0.2, 0) is 0 Å². The van der Waals surface area contributed by atoms with E-state index in [-0.39, 0.29) is 6.04 Å².